The van der Waals surface area contributed by atoms with Gasteiger partial charge in [0, 0.05) is 10.8 Å². The summed E-state index contributed by atoms with van der Waals surface area (Å²) in [4.78, 5) is 35.2. The molecular weight excluding hydrogens is 446 g/mol. The zero-order valence-corrected chi connectivity index (χ0v) is 16.3. The quantitative estimate of drug-likeness (QED) is 0.204. The number of hydrogen-bond donors (Lipinski definition) is 5. The summed E-state index contributed by atoms with van der Waals surface area (Å²) in [6.07, 6.45) is 0. The molecule has 2 aromatic carbocycles. The van der Waals surface area contributed by atoms with Gasteiger partial charge in [0.2, 0.25) is 0 Å². The highest BCUT2D eigenvalue weighted by atomic mass is 32.2. The monoisotopic (exact) mass is 459 g/mol. The first kappa shape index (κ1) is 21.6. The van der Waals surface area contributed by atoms with Gasteiger partial charge in [-0.1, -0.05) is 0 Å². The number of carbonyl (C=O) groups is 3. The van der Waals surface area contributed by atoms with Crippen molar-refractivity contribution in [1.29, 1.82) is 0 Å². The molecule has 30 heavy (non-hydrogen) atoms. The average molecular weight is 459 g/mol. The van der Waals surface area contributed by atoms with Crippen molar-refractivity contribution in [3.05, 3.63) is 29.3 Å². The van der Waals surface area contributed by atoms with Crippen molar-refractivity contribution in [3.8, 4) is 0 Å². The summed E-state index contributed by atoms with van der Waals surface area (Å²) in [5.74, 6) is -3.83. The third-order valence-electron chi connectivity index (χ3n) is 4.44. The highest BCUT2D eigenvalue weighted by molar-refractivity contribution is 7.86. The lowest BCUT2D eigenvalue weighted by Gasteiger charge is -2.29. The molecule has 0 aromatic heterocycles. The minimum atomic E-state index is -5.00. The van der Waals surface area contributed by atoms with E-state index in [1.807, 2.05) is 0 Å². The van der Waals surface area contributed by atoms with E-state index in [4.69, 9.17) is 16.6 Å². The van der Waals surface area contributed by atoms with Gasteiger partial charge in [-0.25, -0.2) is 0 Å². The molecule has 3 rings (SSSR count). The number of nitrogen functional groups attached to an aromatic ring is 1. The summed E-state index contributed by atoms with van der Waals surface area (Å²) >= 11 is 0. The molecule has 0 radical (unpaired) electrons. The Morgan fingerprint density at radius 2 is 1.53 bits per heavy atom. The first-order chi connectivity index (χ1) is 13.6. The summed E-state index contributed by atoms with van der Waals surface area (Å²) in [5, 5.41) is 8.31. The standard InChI is InChI=1S/C15H13N3O10S2/c16-9(15(21)22)4-18-13(19)7-2-5(29(23,24)25)1-6-11(7)8(14(18)20)3-10(12(6)17)30(26,27)28/h1-3,9H,4,16-17H2,(H,21,22)(H,23,24,25)(H,26,27,28)/t9-/m1/s1. The third kappa shape index (κ3) is 3.37. The molecular formula is C15H13N3O10S2. The van der Waals surface area contributed by atoms with Crippen molar-refractivity contribution in [2.75, 3.05) is 12.3 Å². The molecule has 1 heterocycles. The van der Waals surface area contributed by atoms with Crippen LogP contribution in [0.3, 0.4) is 0 Å². The van der Waals surface area contributed by atoms with Crippen LogP contribution in [0, 0.1) is 0 Å². The van der Waals surface area contributed by atoms with Crippen LogP contribution in [0.5, 0.6) is 0 Å². The van der Waals surface area contributed by atoms with Gasteiger partial charge in [-0.05, 0) is 18.2 Å². The number of nitrogens with two attached hydrogens (primary N) is 2. The predicted octanol–water partition coefficient (Wildman–Crippen LogP) is -1.08. The number of carbonyl (C=O) groups excluding carboxylic acids is 2. The number of carboxylic acid groups (broad SMARTS) is 1. The van der Waals surface area contributed by atoms with Gasteiger partial charge in [0.05, 0.1) is 28.3 Å². The van der Waals surface area contributed by atoms with E-state index in [9.17, 15) is 40.3 Å². The summed E-state index contributed by atoms with van der Waals surface area (Å²) in [7, 11) is -9.91. The van der Waals surface area contributed by atoms with Crippen LogP contribution in [0.15, 0.2) is 28.0 Å². The first-order valence-electron chi connectivity index (χ1n) is 7.84. The van der Waals surface area contributed by atoms with E-state index in [1.54, 1.807) is 0 Å². The molecule has 1 atom stereocenters. The Balaban J connectivity index is 2.45. The molecule has 2 amide bonds. The van der Waals surface area contributed by atoms with Gasteiger partial charge in [0.15, 0.2) is 0 Å². The molecule has 0 saturated carbocycles. The lowest BCUT2D eigenvalue weighted by Crippen LogP contribution is -2.49. The third-order valence-corrected chi connectivity index (χ3v) is 6.16. The first-order valence-corrected chi connectivity index (χ1v) is 10.7. The minimum absolute atomic E-state index is 0.234. The van der Waals surface area contributed by atoms with Crippen LogP contribution >= 0.6 is 0 Å². The van der Waals surface area contributed by atoms with Crippen molar-refractivity contribution in [2.45, 2.75) is 15.8 Å². The number of carboxylic acids is 1. The lowest BCUT2D eigenvalue weighted by atomic mass is 9.92. The average Bonchev–Trinajstić information content (AvgIpc) is 2.61. The molecule has 0 saturated heterocycles. The number of anilines is 1. The number of amides is 2. The van der Waals surface area contributed by atoms with Crippen molar-refractivity contribution >= 4 is 54.5 Å². The van der Waals surface area contributed by atoms with Crippen molar-refractivity contribution in [1.82, 2.24) is 4.90 Å². The smallest absolute Gasteiger partial charge is 0.322 e. The van der Waals surface area contributed by atoms with Gasteiger partial charge in [-0.3, -0.25) is 28.4 Å². The molecule has 1 aliphatic heterocycles. The number of nitrogens with zero attached hydrogens (tertiary/aromatic N) is 1. The Kier molecular flexibility index (Phi) is 4.83. The normalized spacial score (nSPS) is 15.5. The molecule has 13 nitrogen and oxygen atoms in total. The maximum atomic E-state index is 12.8. The molecule has 0 aliphatic carbocycles. The van der Waals surface area contributed by atoms with Crippen LogP contribution < -0.4 is 11.5 Å². The number of rotatable bonds is 5. The molecule has 1 aliphatic rings. The Bertz CT molecular complexity index is 1340. The second-order valence-corrected chi connectivity index (χ2v) is 9.16. The lowest BCUT2D eigenvalue weighted by molar-refractivity contribution is -0.138. The van der Waals surface area contributed by atoms with Gasteiger partial charge in [0.25, 0.3) is 32.1 Å². The molecule has 7 N–H and O–H groups in total. The van der Waals surface area contributed by atoms with Crippen LogP contribution in [-0.2, 0) is 25.0 Å². The number of benzene rings is 2. The number of imide groups is 1. The number of aliphatic carboxylic acids is 1. The minimum Gasteiger partial charge on any atom is -0.480 e. The van der Waals surface area contributed by atoms with E-state index in [1.165, 1.54) is 0 Å². The fourth-order valence-electron chi connectivity index (χ4n) is 3.06. The molecule has 15 heteroatoms. The maximum Gasteiger partial charge on any atom is 0.322 e. The topological polar surface area (TPSA) is 235 Å². The Hall–Kier alpha value is -3.11. The van der Waals surface area contributed by atoms with Crippen LogP contribution in [-0.4, -0.2) is 66.3 Å². The van der Waals surface area contributed by atoms with Gasteiger partial charge in [-0.2, -0.15) is 16.8 Å². The van der Waals surface area contributed by atoms with Crippen molar-refractivity contribution < 1.29 is 45.4 Å². The second-order valence-electron chi connectivity index (χ2n) is 6.35. The second kappa shape index (κ2) is 6.71. The molecule has 2 aromatic rings. The van der Waals surface area contributed by atoms with Crippen LogP contribution in [0.1, 0.15) is 20.7 Å². The zero-order chi connectivity index (χ0) is 22.8. The van der Waals surface area contributed by atoms with Crippen LogP contribution in [0.4, 0.5) is 5.69 Å². The predicted molar refractivity (Wildman–Crippen MR) is 99.0 cm³/mol. The fourth-order valence-corrected chi connectivity index (χ4v) is 4.24. The Morgan fingerprint density at radius 3 is 2.00 bits per heavy atom. The van der Waals surface area contributed by atoms with E-state index >= 15 is 0 Å². The van der Waals surface area contributed by atoms with Gasteiger partial charge < -0.3 is 16.6 Å². The molecule has 0 spiro atoms. The molecule has 160 valence electrons. The van der Waals surface area contributed by atoms with Crippen molar-refractivity contribution in [3.63, 3.8) is 0 Å². The van der Waals surface area contributed by atoms with Gasteiger partial charge >= 0.3 is 5.97 Å². The van der Waals surface area contributed by atoms with E-state index in [-0.39, 0.29) is 5.39 Å². The van der Waals surface area contributed by atoms with E-state index in [0.717, 1.165) is 12.1 Å². The van der Waals surface area contributed by atoms with Crippen molar-refractivity contribution in [2.24, 2.45) is 5.73 Å². The Morgan fingerprint density at radius 1 is 1.00 bits per heavy atom. The SMILES string of the molecule is Nc1c(S(=O)(=O)O)cc2c3c(cc(S(=O)(=O)O)cc13)C(=O)N(C[C@@H](N)C(=O)O)C2=O. The van der Waals surface area contributed by atoms with Gasteiger partial charge in [0.1, 0.15) is 10.9 Å². The summed E-state index contributed by atoms with van der Waals surface area (Å²) in [6, 6.07) is 0.440. The summed E-state index contributed by atoms with van der Waals surface area (Å²) in [6.45, 7) is -0.824. The fraction of sp³-hybridized carbons (Fsp3) is 0.133. The van der Waals surface area contributed by atoms with E-state index < -0.39 is 82.6 Å². The highest BCUT2D eigenvalue weighted by Crippen LogP contribution is 2.38. The Labute approximate surface area is 168 Å². The largest absolute Gasteiger partial charge is 0.480 e. The molecule has 0 unspecified atom stereocenters. The summed E-state index contributed by atoms with van der Waals surface area (Å²) < 4.78 is 65.4. The zero-order valence-electron chi connectivity index (χ0n) is 14.6. The molecule has 0 fully saturated rings. The highest BCUT2D eigenvalue weighted by Gasteiger charge is 2.38. The van der Waals surface area contributed by atoms with Gasteiger partial charge in [-0.15, -0.1) is 0 Å². The van der Waals surface area contributed by atoms with Crippen LogP contribution in [0.2, 0.25) is 0 Å². The maximum absolute atomic E-state index is 12.8. The number of hydrogen-bond acceptors (Lipinski definition) is 9. The van der Waals surface area contributed by atoms with E-state index in [0.29, 0.717) is 11.0 Å². The van der Waals surface area contributed by atoms with E-state index in [2.05, 4.69) is 0 Å². The molecule has 0 bridgehead atoms. The summed E-state index contributed by atoms with van der Waals surface area (Å²) in [5.41, 5.74) is 9.49. The van der Waals surface area contributed by atoms with Crippen LogP contribution in [0.25, 0.3) is 10.8 Å².